The molecule has 0 aromatic heterocycles. The minimum absolute atomic E-state index is 0.0990. The van der Waals surface area contributed by atoms with Crippen molar-refractivity contribution in [3.63, 3.8) is 0 Å². The van der Waals surface area contributed by atoms with Gasteiger partial charge in [-0.1, -0.05) is 26.0 Å². The van der Waals surface area contributed by atoms with Crippen LogP contribution in [0.5, 0.6) is 0 Å². The fourth-order valence-corrected chi connectivity index (χ4v) is 1.64. The van der Waals surface area contributed by atoms with Crippen LogP contribution in [0.4, 0.5) is 0 Å². The van der Waals surface area contributed by atoms with Gasteiger partial charge in [-0.25, -0.2) is 4.79 Å². The lowest BCUT2D eigenvalue weighted by Gasteiger charge is -2.05. The highest BCUT2D eigenvalue weighted by Crippen LogP contribution is 2.16. The lowest BCUT2D eigenvalue weighted by atomic mass is 10.1. The van der Waals surface area contributed by atoms with E-state index in [9.17, 15) is 4.79 Å². The molecular formula is C12H13BrN2O2. The predicted molar refractivity (Wildman–Crippen MR) is 67.7 cm³/mol. The number of carbonyl (C=O) groups excluding carboxylic acids is 1. The summed E-state index contributed by atoms with van der Waals surface area (Å²) in [7, 11) is 0. The summed E-state index contributed by atoms with van der Waals surface area (Å²) in [5.41, 5.74) is 9.31. The average Bonchev–Trinajstić information content (AvgIpc) is 2.30. The fraction of sp³-hybridized carbons (Fsp3) is 0.333. The van der Waals surface area contributed by atoms with Crippen LogP contribution in [0.2, 0.25) is 0 Å². The molecule has 0 aliphatic rings. The monoisotopic (exact) mass is 296 g/mol. The lowest BCUT2D eigenvalue weighted by molar-refractivity contribution is -0.141. The van der Waals surface area contributed by atoms with Crippen LogP contribution in [-0.4, -0.2) is 23.1 Å². The van der Waals surface area contributed by atoms with E-state index in [0.29, 0.717) is 16.6 Å². The lowest BCUT2D eigenvalue weighted by Crippen LogP contribution is -2.22. The van der Waals surface area contributed by atoms with Crippen molar-refractivity contribution in [3.8, 4) is 0 Å². The van der Waals surface area contributed by atoms with Gasteiger partial charge in [0, 0.05) is 4.47 Å². The number of carbonyl (C=O) groups is 1. The van der Waals surface area contributed by atoms with Gasteiger partial charge in [-0.3, -0.25) is 0 Å². The molecule has 0 heterocycles. The van der Waals surface area contributed by atoms with E-state index < -0.39 is 5.97 Å². The summed E-state index contributed by atoms with van der Waals surface area (Å²) in [6.45, 7) is 4.16. The summed E-state index contributed by atoms with van der Waals surface area (Å²) < 4.78 is 5.69. The zero-order chi connectivity index (χ0) is 12.8. The molecule has 1 aromatic carbocycles. The van der Waals surface area contributed by atoms with Crippen LogP contribution in [0, 0.1) is 5.92 Å². The molecule has 0 saturated carbocycles. The quantitative estimate of drug-likeness (QED) is 0.371. The van der Waals surface area contributed by atoms with Gasteiger partial charge in [-0.05, 0) is 34.0 Å². The summed E-state index contributed by atoms with van der Waals surface area (Å²) in [6, 6.07) is 7.00. The second-order valence-electron chi connectivity index (χ2n) is 3.92. The van der Waals surface area contributed by atoms with Gasteiger partial charge in [0.15, 0.2) is 0 Å². The topological polar surface area (TPSA) is 62.7 Å². The fourth-order valence-electron chi connectivity index (χ4n) is 1.17. The second kappa shape index (κ2) is 6.33. The van der Waals surface area contributed by atoms with Gasteiger partial charge < -0.3 is 10.3 Å². The van der Waals surface area contributed by atoms with Crippen molar-refractivity contribution in [2.45, 2.75) is 13.8 Å². The Morgan fingerprint density at radius 3 is 2.65 bits per heavy atom. The van der Waals surface area contributed by atoms with Crippen molar-refractivity contribution in [1.82, 2.24) is 0 Å². The Balaban J connectivity index is 2.91. The summed E-state index contributed by atoms with van der Waals surface area (Å²) in [5.74, 6) is -0.397. The van der Waals surface area contributed by atoms with Crippen LogP contribution < -0.4 is 0 Å². The zero-order valence-corrected chi connectivity index (χ0v) is 11.3. The van der Waals surface area contributed by atoms with E-state index in [2.05, 4.69) is 20.7 Å². The van der Waals surface area contributed by atoms with Gasteiger partial charge >= 0.3 is 11.7 Å². The maximum atomic E-state index is 11.7. The molecule has 17 heavy (non-hydrogen) atoms. The van der Waals surface area contributed by atoms with Crippen LogP contribution in [0.15, 0.2) is 28.7 Å². The van der Waals surface area contributed by atoms with Crippen molar-refractivity contribution in [2.75, 3.05) is 6.61 Å². The molecule has 0 saturated heterocycles. The normalized spacial score (nSPS) is 9.88. The summed E-state index contributed by atoms with van der Waals surface area (Å²) in [4.78, 5) is 14.7. The molecule has 0 N–H and O–H groups in total. The standard InChI is InChI=1S/C12H13BrN2O2/c1-8(2)7-17-12(16)11(15-14)9-5-3-4-6-10(9)13/h3-6,8H,7H2,1-2H3. The molecule has 1 rings (SSSR count). The predicted octanol–water partition coefficient (Wildman–Crippen LogP) is 2.67. The van der Waals surface area contributed by atoms with Crippen LogP contribution >= 0.6 is 15.9 Å². The molecule has 90 valence electrons. The summed E-state index contributed by atoms with van der Waals surface area (Å²) >= 11 is 3.29. The highest BCUT2D eigenvalue weighted by molar-refractivity contribution is 9.10. The van der Waals surface area contributed by atoms with Gasteiger partial charge in [0.1, 0.15) is 0 Å². The van der Waals surface area contributed by atoms with Crippen molar-refractivity contribution in [1.29, 1.82) is 0 Å². The molecule has 0 fully saturated rings. The minimum atomic E-state index is -0.631. The number of hydrogen-bond acceptors (Lipinski definition) is 2. The molecule has 0 amide bonds. The third-order valence-electron chi connectivity index (χ3n) is 1.97. The molecule has 4 nitrogen and oxygen atoms in total. The van der Waals surface area contributed by atoms with E-state index in [-0.39, 0.29) is 11.6 Å². The van der Waals surface area contributed by atoms with Crippen LogP contribution in [0.1, 0.15) is 19.4 Å². The number of halogens is 1. The third-order valence-corrected chi connectivity index (χ3v) is 2.66. The Labute approximate surface area is 108 Å². The van der Waals surface area contributed by atoms with E-state index in [1.165, 1.54) is 0 Å². The SMILES string of the molecule is CC(C)COC(=O)C(=[N+]=[N-])c1ccccc1Br. The molecule has 0 unspecified atom stereocenters. The average molecular weight is 297 g/mol. The largest absolute Gasteiger partial charge is 0.457 e. The number of ether oxygens (including phenoxy) is 1. The van der Waals surface area contributed by atoms with Gasteiger partial charge in [-0.15, -0.1) is 0 Å². The van der Waals surface area contributed by atoms with E-state index in [4.69, 9.17) is 10.3 Å². The van der Waals surface area contributed by atoms with Crippen molar-refractivity contribution in [3.05, 3.63) is 39.8 Å². The molecule has 1 aromatic rings. The maximum absolute atomic E-state index is 11.7. The first kappa shape index (κ1) is 13.6. The number of rotatable bonds is 4. The first-order valence-corrected chi connectivity index (χ1v) is 5.99. The van der Waals surface area contributed by atoms with Gasteiger partial charge in [0.05, 0.1) is 12.2 Å². The second-order valence-corrected chi connectivity index (χ2v) is 4.78. The number of benzene rings is 1. The maximum Gasteiger partial charge on any atom is 0.422 e. The molecule has 0 atom stereocenters. The van der Waals surface area contributed by atoms with Crippen LogP contribution in [-0.2, 0) is 9.53 Å². The Morgan fingerprint density at radius 1 is 1.47 bits per heavy atom. The number of nitrogens with zero attached hydrogens (tertiary/aromatic N) is 2. The highest BCUT2D eigenvalue weighted by Gasteiger charge is 2.26. The Hall–Kier alpha value is -1.45. The van der Waals surface area contributed by atoms with Crippen molar-refractivity contribution in [2.24, 2.45) is 5.92 Å². The van der Waals surface area contributed by atoms with E-state index in [1.807, 2.05) is 19.9 Å². The van der Waals surface area contributed by atoms with Gasteiger partial charge in [-0.2, -0.15) is 4.79 Å². The summed E-state index contributed by atoms with van der Waals surface area (Å²) in [6.07, 6.45) is 0. The molecule has 5 heteroatoms. The Kier molecular flexibility index (Phi) is 5.07. The van der Waals surface area contributed by atoms with Crippen LogP contribution in [0.25, 0.3) is 5.53 Å². The van der Waals surface area contributed by atoms with Crippen LogP contribution in [0.3, 0.4) is 0 Å². The Bertz CT molecular complexity index is 465. The summed E-state index contributed by atoms with van der Waals surface area (Å²) in [5, 5.41) is 0. The van der Waals surface area contributed by atoms with Crippen molar-refractivity contribution >= 4 is 27.6 Å². The zero-order valence-electron chi connectivity index (χ0n) is 9.68. The minimum Gasteiger partial charge on any atom is -0.457 e. The molecular weight excluding hydrogens is 284 g/mol. The molecule has 0 aliphatic carbocycles. The third kappa shape index (κ3) is 3.80. The molecule has 0 bridgehead atoms. The molecule has 0 spiro atoms. The highest BCUT2D eigenvalue weighted by atomic mass is 79.9. The molecule has 0 radical (unpaired) electrons. The molecule has 0 aliphatic heterocycles. The Morgan fingerprint density at radius 2 is 2.12 bits per heavy atom. The van der Waals surface area contributed by atoms with E-state index >= 15 is 0 Å². The van der Waals surface area contributed by atoms with Gasteiger partial charge in [0.2, 0.25) is 0 Å². The number of hydrogen-bond donors (Lipinski definition) is 0. The van der Waals surface area contributed by atoms with E-state index in [1.54, 1.807) is 18.2 Å². The van der Waals surface area contributed by atoms with E-state index in [0.717, 1.165) is 0 Å². The first-order valence-electron chi connectivity index (χ1n) is 5.20. The number of esters is 1. The first-order chi connectivity index (χ1) is 8.06. The van der Waals surface area contributed by atoms with Crippen molar-refractivity contribution < 1.29 is 14.3 Å². The van der Waals surface area contributed by atoms with Gasteiger partial charge in [0.25, 0.3) is 0 Å². The smallest absolute Gasteiger partial charge is 0.422 e.